The fourth-order valence-corrected chi connectivity index (χ4v) is 11.8. The first-order chi connectivity index (χ1) is 40.4. The Morgan fingerprint density at radius 1 is 0.729 bits per heavy atom. The fourth-order valence-electron chi connectivity index (χ4n) is 11.8. The van der Waals surface area contributed by atoms with Crippen LogP contribution in [0, 0.1) is 17.8 Å². The molecule has 7 rings (SSSR count). The summed E-state index contributed by atoms with van der Waals surface area (Å²) in [6.07, 6.45) is -16.9. The van der Waals surface area contributed by atoms with E-state index >= 15 is 9.59 Å². The van der Waals surface area contributed by atoms with Crippen LogP contribution in [0.5, 0.6) is 0 Å². The Hall–Kier alpha value is -7.21. The van der Waals surface area contributed by atoms with Crippen LogP contribution in [-0.4, -0.2) is 146 Å². The number of carbonyl (C=O) groups excluding carboxylic acids is 6. The third-order valence-electron chi connectivity index (χ3n) is 16.4. The first-order valence-electron chi connectivity index (χ1n) is 28.6. The van der Waals surface area contributed by atoms with Crippen molar-refractivity contribution in [2.24, 2.45) is 22.9 Å². The molecule has 4 fully saturated rings. The molecule has 4 aliphatic rings. The molecule has 0 unspecified atom stereocenters. The standard InChI is InChI=1S/C61H80N4O20/c1-13-45-61(10)50(82-58(71)85-61)39(6)53(67)84-60(9,30-35(2)63-64-62)49(37(4)47(38(5)52(66)78-45)79-46-31-59(8,72-12)51(40(7)77-46)83-57(70)75-34-43-27-21-16-22-28-43)81-54-48(80-56(69)74-33-42-25-19-15-20-26-42)44(29-36(3)76-54)65(11)55(68)73-32-41-23-17-14-18-24-41/h14-28,35-40,44-51,54H,13,29-34H2,1-12H3/t35-,36+,37-,38+,39-,40-,44-,45-,46-,47-,48+,49+,50+,51-,54-,59+,60+,61+/m0/s1. The normalized spacial score (nSPS) is 33.6. The van der Waals surface area contributed by atoms with Gasteiger partial charge in [-0.3, -0.25) is 9.59 Å². The molecule has 3 aromatic carbocycles. The lowest BCUT2D eigenvalue weighted by Gasteiger charge is -2.50. The fraction of sp³-hybridized carbons (Fsp3) is 0.607. The molecule has 18 atom stereocenters. The second-order valence-electron chi connectivity index (χ2n) is 22.9. The number of cyclic esters (lactones) is 2. The second-order valence-corrected chi connectivity index (χ2v) is 22.9. The number of hydrogen-bond donors (Lipinski definition) is 0. The SMILES string of the molecule is CC[C@@H]1OC(=O)[C@H](C)[C@@H](O[C@H]2C[C@@](C)(OC)[C@@H](OC(=O)OCc3ccccc3)[C@H](C)O2)[C@H](C)[C@@H](O[C@@H]2O[C@H](C)C[C@H](N(C)C(=O)OCc3ccccc3)[C@H]2OC(=O)OCc2ccccc2)[C@@](C)(C[C@H](C)N=[N+]=[N-])OC(=O)[C@@H](C)[C@H]2OC(=O)O[C@]12C. The van der Waals surface area contributed by atoms with Crippen molar-refractivity contribution in [3.8, 4) is 0 Å². The number of benzene rings is 3. The molecule has 0 aliphatic carbocycles. The molecule has 0 bridgehead atoms. The topological polar surface area (TPSA) is 284 Å². The number of rotatable bonds is 18. The van der Waals surface area contributed by atoms with Gasteiger partial charge in [-0.15, -0.1) is 0 Å². The van der Waals surface area contributed by atoms with Crippen molar-refractivity contribution in [1.29, 1.82) is 0 Å². The maximum Gasteiger partial charge on any atom is 0.509 e. The Labute approximate surface area is 495 Å². The van der Waals surface area contributed by atoms with Gasteiger partial charge >= 0.3 is 36.5 Å². The minimum absolute atomic E-state index is 0.0640. The monoisotopic (exact) mass is 1190 g/mol. The van der Waals surface area contributed by atoms with Crippen molar-refractivity contribution in [3.63, 3.8) is 0 Å². The molecular formula is C61H80N4O20. The van der Waals surface area contributed by atoms with Gasteiger partial charge in [0.05, 0.1) is 36.2 Å². The zero-order chi connectivity index (χ0) is 61.8. The van der Waals surface area contributed by atoms with Crippen molar-refractivity contribution >= 4 is 36.5 Å². The largest absolute Gasteiger partial charge is 0.509 e. The van der Waals surface area contributed by atoms with Gasteiger partial charge in [-0.1, -0.05) is 117 Å². The quantitative estimate of drug-likeness (QED) is 0.0376. The van der Waals surface area contributed by atoms with Crippen molar-refractivity contribution < 1.29 is 95.1 Å². The lowest BCUT2D eigenvalue weighted by Crippen LogP contribution is -2.62. The average Bonchev–Trinajstić information content (AvgIpc) is 2.07. The van der Waals surface area contributed by atoms with Gasteiger partial charge in [-0.25, -0.2) is 19.2 Å². The molecule has 0 saturated carbocycles. The molecule has 24 heteroatoms. The number of azide groups is 1. The van der Waals surface area contributed by atoms with E-state index in [1.54, 1.807) is 115 Å². The van der Waals surface area contributed by atoms with Crippen LogP contribution in [0.2, 0.25) is 0 Å². The summed E-state index contributed by atoms with van der Waals surface area (Å²) in [5, 5.41) is 3.97. The van der Waals surface area contributed by atoms with Crippen LogP contribution in [0.25, 0.3) is 10.4 Å². The summed E-state index contributed by atoms with van der Waals surface area (Å²) in [6.45, 7) is 15.7. The zero-order valence-corrected chi connectivity index (χ0v) is 50.2. The minimum Gasteiger partial charge on any atom is -0.458 e. The number of amides is 1. The average molecular weight is 1190 g/mol. The molecule has 0 radical (unpaired) electrons. The molecule has 0 aromatic heterocycles. The highest BCUT2D eigenvalue weighted by Gasteiger charge is 2.61. The summed E-state index contributed by atoms with van der Waals surface area (Å²) in [7, 11) is 2.91. The number of esters is 2. The summed E-state index contributed by atoms with van der Waals surface area (Å²) in [5.41, 5.74) is 6.90. The first-order valence-corrected chi connectivity index (χ1v) is 28.6. The maximum atomic E-state index is 15.1. The maximum absolute atomic E-state index is 15.1. The van der Waals surface area contributed by atoms with Gasteiger partial charge in [0.2, 0.25) is 0 Å². The van der Waals surface area contributed by atoms with E-state index in [0.717, 1.165) is 5.56 Å². The van der Waals surface area contributed by atoms with Crippen LogP contribution in [0.1, 0.15) is 112 Å². The number of fused-ring (bicyclic) bond motifs is 1. The van der Waals surface area contributed by atoms with Gasteiger partial charge in [0.25, 0.3) is 0 Å². The number of methoxy groups -OCH3 is 1. The molecule has 24 nitrogen and oxygen atoms in total. The zero-order valence-electron chi connectivity index (χ0n) is 50.2. The van der Waals surface area contributed by atoms with Crippen LogP contribution in [-0.2, 0) is 95.7 Å². The number of nitrogens with zero attached hydrogens (tertiary/aromatic N) is 4. The van der Waals surface area contributed by atoms with Crippen molar-refractivity contribution in [2.75, 3.05) is 14.2 Å². The minimum atomic E-state index is -1.96. The van der Waals surface area contributed by atoms with Crippen molar-refractivity contribution in [3.05, 3.63) is 118 Å². The first kappa shape index (κ1) is 65.3. The molecule has 4 aliphatic heterocycles. The van der Waals surface area contributed by atoms with E-state index in [4.69, 9.17) is 66.3 Å². The molecule has 0 N–H and O–H groups in total. The predicted molar refractivity (Wildman–Crippen MR) is 299 cm³/mol. The highest BCUT2D eigenvalue weighted by atomic mass is 16.8. The van der Waals surface area contributed by atoms with E-state index in [2.05, 4.69) is 10.0 Å². The summed E-state index contributed by atoms with van der Waals surface area (Å²) < 4.78 is 87.0. The van der Waals surface area contributed by atoms with Crippen LogP contribution in [0.3, 0.4) is 0 Å². The summed E-state index contributed by atoms with van der Waals surface area (Å²) in [6, 6.07) is 25.0. The molecule has 4 saturated heterocycles. The van der Waals surface area contributed by atoms with Gasteiger partial charge in [0.1, 0.15) is 43.2 Å². The van der Waals surface area contributed by atoms with E-state index in [9.17, 15) is 24.7 Å². The number of likely N-dealkylation sites (N-methyl/N-ethyl adjacent to an activating group) is 1. The van der Waals surface area contributed by atoms with Gasteiger partial charge < -0.3 is 71.2 Å². The Bertz CT molecular complexity index is 2800. The van der Waals surface area contributed by atoms with Gasteiger partial charge in [-0.05, 0) is 90.0 Å². The molecule has 464 valence electrons. The van der Waals surface area contributed by atoms with Crippen LogP contribution < -0.4 is 0 Å². The van der Waals surface area contributed by atoms with E-state index < -0.39 is 145 Å². The lowest BCUT2D eigenvalue weighted by atomic mass is 9.78. The van der Waals surface area contributed by atoms with Crippen LogP contribution >= 0.6 is 0 Å². The molecular weight excluding hydrogens is 1110 g/mol. The van der Waals surface area contributed by atoms with Crippen molar-refractivity contribution in [2.45, 2.75) is 205 Å². The van der Waals surface area contributed by atoms with Gasteiger partial charge in [0.15, 0.2) is 36.5 Å². The summed E-state index contributed by atoms with van der Waals surface area (Å²) in [4.78, 5) is 89.2. The number of carbonyl (C=O) groups is 6. The number of ether oxygens (including phenoxy) is 14. The van der Waals surface area contributed by atoms with Crippen molar-refractivity contribution in [1.82, 2.24) is 4.90 Å². The second kappa shape index (κ2) is 28.8. The van der Waals surface area contributed by atoms with E-state index in [0.29, 0.717) is 11.1 Å². The molecule has 85 heavy (non-hydrogen) atoms. The number of hydrogen-bond acceptors (Lipinski definition) is 21. The Balaban J connectivity index is 1.32. The van der Waals surface area contributed by atoms with Gasteiger partial charge in [-0.2, -0.15) is 0 Å². The third-order valence-corrected chi connectivity index (χ3v) is 16.4. The van der Waals surface area contributed by atoms with Crippen LogP contribution in [0.4, 0.5) is 19.2 Å². The van der Waals surface area contributed by atoms with E-state index in [1.165, 1.54) is 39.8 Å². The predicted octanol–water partition coefficient (Wildman–Crippen LogP) is 10.4. The summed E-state index contributed by atoms with van der Waals surface area (Å²) in [5.74, 6) is -5.53. The highest BCUT2D eigenvalue weighted by molar-refractivity contribution is 5.76. The summed E-state index contributed by atoms with van der Waals surface area (Å²) >= 11 is 0. The van der Waals surface area contributed by atoms with E-state index in [-0.39, 0.29) is 45.5 Å². The molecule has 3 aromatic rings. The smallest absolute Gasteiger partial charge is 0.458 e. The molecule has 1 amide bonds. The molecule has 4 heterocycles. The molecule has 0 spiro atoms. The Morgan fingerprint density at radius 2 is 1.29 bits per heavy atom. The Morgan fingerprint density at radius 3 is 1.85 bits per heavy atom. The Kier molecular flexibility index (Phi) is 22.1. The van der Waals surface area contributed by atoms with E-state index in [1.807, 2.05) is 24.3 Å². The third kappa shape index (κ3) is 16.0. The lowest BCUT2D eigenvalue weighted by molar-refractivity contribution is -0.319. The van der Waals surface area contributed by atoms with Gasteiger partial charge in [0, 0.05) is 37.4 Å². The van der Waals surface area contributed by atoms with Crippen LogP contribution in [0.15, 0.2) is 96.1 Å². The highest BCUT2D eigenvalue weighted by Crippen LogP contribution is 2.45.